The van der Waals surface area contributed by atoms with E-state index >= 15 is 0 Å². The van der Waals surface area contributed by atoms with Crippen LogP contribution in [-0.2, 0) is 19.1 Å². The van der Waals surface area contributed by atoms with Gasteiger partial charge in [-0.3, -0.25) is 14.4 Å². The highest BCUT2D eigenvalue weighted by Crippen LogP contribution is 2.23. The standard InChI is InChI=1S/C22H44N4O4/c1-11-15(6)20(16(30-10)12-17(27)23-7)26(9)22(29)19(14(4)5)25-21(28)18(24-8)13(2)3/h13-16,18-20,24H,11-12H2,1-10H3,(H,23,27)(H,25,28)/t15-,16+,18-,19-,20?/m0/s1. The SMILES string of the molecule is CC[C@H](C)C([C@@H](CC(=O)NC)OC)N(C)C(=O)[C@@H](NC(=O)[C@@H](NC)C(C)C)C(C)C. The molecular formula is C22H44N4O4. The van der Waals surface area contributed by atoms with E-state index in [1.54, 1.807) is 33.2 Å². The molecule has 3 N–H and O–H groups in total. The highest BCUT2D eigenvalue weighted by atomic mass is 16.5. The van der Waals surface area contributed by atoms with E-state index < -0.39 is 12.1 Å². The first kappa shape index (κ1) is 28.3. The number of hydrogen-bond donors (Lipinski definition) is 3. The van der Waals surface area contributed by atoms with Crippen molar-refractivity contribution in [2.24, 2.45) is 17.8 Å². The fourth-order valence-electron chi connectivity index (χ4n) is 3.76. The van der Waals surface area contributed by atoms with Gasteiger partial charge in [0, 0.05) is 21.2 Å². The summed E-state index contributed by atoms with van der Waals surface area (Å²) in [4.78, 5) is 39.9. The van der Waals surface area contributed by atoms with Crippen molar-refractivity contribution in [2.45, 2.75) is 78.6 Å². The predicted octanol–water partition coefficient (Wildman–Crippen LogP) is 1.40. The van der Waals surface area contributed by atoms with E-state index in [0.29, 0.717) is 0 Å². The minimum atomic E-state index is -0.666. The maximum absolute atomic E-state index is 13.5. The number of nitrogens with one attached hydrogen (secondary N) is 3. The molecular weight excluding hydrogens is 384 g/mol. The van der Waals surface area contributed by atoms with Crippen LogP contribution in [-0.4, -0.2) is 75.1 Å². The maximum Gasteiger partial charge on any atom is 0.245 e. The van der Waals surface area contributed by atoms with Gasteiger partial charge >= 0.3 is 0 Å². The van der Waals surface area contributed by atoms with Gasteiger partial charge in [-0.15, -0.1) is 0 Å². The average molecular weight is 429 g/mol. The van der Waals surface area contributed by atoms with Gasteiger partial charge in [0.15, 0.2) is 0 Å². The topological polar surface area (TPSA) is 99.8 Å². The molecule has 5 atom stereocenters. The van der Waals surface area contributed by atoms with Crippen molar-refractivity contribution in [3.05, 3.63) is 0 Å². The third kappa shape index (κ3) is 7.87. The lowest BCUT2D eigenvalue weighted by molar-refractivity contribution is -0.144. The lowest BCUT2D eigenvalue weighted by Crippen LogP contribution is -2.59. The largest absolute Gasteiger partial charge is 0.379 e. The van der Waals surface area contributed by atoms with Crippen molar-refractivity contribution < 1.29 is 19.1 Å². The Labute approximate surface area is 182 Å². The van der Waals surface area contributed by atoms with Crippen LogP contribution >= 0.6 is 0 Å². The summed E-state index contributed by atoms with van der Waals surface area (Å²) in [6.07, 6.45) is 0.537. The van der Waals surface area contributed by atoms with Crippen LogP contribution in [0.3, 0.4) is 0 Å². The lowest BCUT2D eigenvalue weighted by atomic mass is 9.89. The lowest BCUT2D eigenvalue weighted by Gasteiger charge is -2.40. The van der Waals surface area contributed by atoms with Gasteiger partial charge in [0.05, 0.1) is 24.6 Å². The van der Waals surface area contributed by atoms with Gasteiger partial charge in [-0.2, -0.15) is 0 Å². The van der Waals surface area contributed by atoms with Crippen LogP contribution in [0.1, 0.15) is 54.4 Å². The number of likely N-dealkylation sites (N-methyl/N-ethyl adjacent to an activating group) is 2. The monoisotopic (exact) mass is 428 g/mol. The first-order chi connectivity index (χ1) is 14.0. The summed E-state index contributed by atoms with van der Waals surface area (Å²) in [7, 11) is 6.61. The molecule has 0 heterocycles. The fraction of sp³-hybridized carbons (Fsp3) is 0.864. The van der Waals surface area contributed by atoms with Crippen molar-refractivity contribution in [3.63, 3.8) is 0 Å². The summed E-state index contributed by atoms with van der Waals surface area (Å²) >= 11 is 0. The highest BCUT2D eigenvalue weighted by Gasteiger charge is 2.38. The molecule has 0 saturated heterocycles. The van der Waals surface area contributed by atoms with Crippen molar-refractivity contribution in [1.82, 2.24) is 20.9 Å². The zero-order valence-electron chi connectivity index (χ0n) is 20.5. The zero-order chi connectivity index (χ0) is 23.6. The van der Waals surface area contributed by atoms with E-state index in [2.05, 4.69) is 16.0 Å². The van der Waals surface area contributed by atoms with Gasteiger partial charge in [0.1, 0.15) is 6.04 Å². The fourth-order valence-corrected chi connectivity index (χ4v) is 3.76. The van der Waals surface area contributed by atoms with Crippen LogP contribution in [0.25, 0.3) is 0 Å². The Morgan fingerprint density at radius 1 is 0.967 bits per heavy atom. The third-order valence-electron chi connectivity index (χ3n) is 5.86. The molecule has 0 aliphatic rings. The number of hydrogen-bond acceptors (Lipinski definition) is 5. The zero-order valence-corrected chi connectivity index (χ0v) is 20.5. The molecule has 8 nitrogen and oxygen atoms in total. The Bertz CT molecular complexity index is 553. The average Bonchev–Trinajstić information content (AvgIpc) is 2.70. The molecule has 0 saturated carbocycles. The van der Waals surface area contributed by atoms with Crippen LogP contribution in [0.5, 0.6) is 0 Å². The molecule has 0 aromatic carbocycles. The van der Waals surface area contributed by atoms with Gasteiger partial charge in [-0.1, -0.05) is 48.0 Å². The number of carbonyl (C=O) groups excluding carboxylic acids is 3. The molecule has 176 valence electrons. The normalized spacial score (nSPS) is 16.5. The summed E-state index contributed by atoms with van der Waals surface area (Å²) < 4.78 is 5.64. The van der Waals surface area contributed by atoms with Crippen LogP contribution < -0.4 is 16.0 Å². The van der Waals surface area contributed by atoms with Gasteiger partial charge in [-0.25, -0.2) is 0 Å². The molecule has 0 bridgehead atoms. The molecule has 8 heteroatoms. The van der Waals surface area contributed by atoms with Gasteiger partial charge < -0.3 is 25.6 Å². The molecule has 3 amide bonds. The Morgan fingerprint density at radius 3 is 1.87 bits per heavy atom. The van der Waals surface area contributed by atoms with E-state index in [1.807, 2.05) is 41.5 Å². The third-order valence-corrected chi connectivity index (χ3v) is 5.86. The molecule has 0 aromatic rings. The molecule has 0 rings (SSSR count). The van der Waals surface area contributed by atoms with Crippen LogP contribution in [0.2, 0.25) is 0 Å². The summed E-state index contributed by atoms with van der Waals surface area (Å²) in [6, 6.07) is -1.34. The molecule has 1 unspecified atom stereocenters. The first-order valence-corrected chi connectivity index (χ1v) is 10.9. The quantitative estimate of drug-likeness (QED) is 0.412. The number of rotatable bonds is 13. The molecule has 0 spiro atoms. The van der Waals surface area contributed by atoms with Crippen LogP contribution in [0.15, 0.2) is 0 Å². The number of ether oxygens (including phenoxy) is 1. The number of amides is 3. The Hall–Kier alpha value is -1.67. The van der Waals surface area contributed by atoms with Crippen LogP contribution in [0, 0.1) is 17.8 Å². The van der Waals surface area contributed by atoms with Crippen molar-refractivity contribution in [2.75, 3.05) is 28.3 Å². The van der Waals surface area contributed by atoms with E-state index in [4.69, 9.17) is 4.74 Å². The highest BCUT2D eigenvalue weighted by molar-refractivity contribution is 5.90. The summed E-state index contributed by atoms with van der Waals surface area (Å²) in [6.45, 7) is 11.8. The van der Waals surface area contributed by atoms with Crippen molar-refractivity contribution in [1.29, 1.82) is 0 Å². The second-order valence-corrected chi connectivity index (χ2v) is 8.72. The minimum Gasteiger partial charge on any atom is -0.379 e. The Kier molecular flexibility index (Phi) is 12.8. The van der Waals surface area contributed by atoms with Gasteiger partial charge in [-0.05, 0) is 24.8 Å². The molecule has 0 radical (unpaired) electrons. The number of carbonyl (C=O) groups is 3. The van der Waals surface area contributed by atoms with Crippen molar-refractivity contribution >= 4 is 17.7 Å². The Balaban J connectivity index is 5.76. The molecule has 30 heavy (non-hydrogen) atoms. The molecule has 0 aliphatic heterocycles. The van der Waals surface area contributed by atoms with Crippen LogP contribution in [0.4, 0.5) is 0 Å². The Morgan fingerprint density at radius 2 is 1.50 bits per heavy atom. The second-order valence-electron chi connectivity index (χ2n) is 8.72. The number of nitrogens with zero attached hydrogens (tertiary/aromatic N) is 1. The summed E-state index contributed by atoms with van der Waals surface area (Å²) in [5.74, 6) is -0.403. The smallest absolute Gasteiger partial charge is 0.245 e. The molecule has 0 aliphatic carbocycles. The van der Waals surface area contributed by atoms with E-state index in [9.17, 15) is 14.4 Å². The minimum absolute atomic E-state index is 0.0916. The van der Waals surface area contributed by atoms with E-state index in [0.717, 1.165) is 6.42 Å². The molecule has 0 fully saturated rings. The van der Waals surface area contributed by atoms with Crippen molar-refractivity contribution in [3.8, 4) is 0 Å². The summed E-state index contributed by atoms with van der Waals surface area (Å²) in [5, 5.41) is 8.58. The van der Waals surface area contributed by atoms with E-state index in [-0.39, 0.29) is 54.0 Å². The van der Waals surface area contributed by atoms with Gasteiger partial charge in [0.25, 0.3) is 0 Å². The summed E-state index contributed by atoms with van der Waals surface area (Å²) in [5.41, 5.74) is 0. The maximum atomic E-state index is 13.5. The second kappa shape index (κ2) is 13.6. The molecule has 0 aromatic heterocycles. The van der Waals surface area contributed by atoms with E-state index in [1.165, 1.54) is 0 Å². The predicted molar refractivity (Wildman–Crippen MR) is 120 cm³/mol. The first-order valence-electron chi connectivity index (χ1n) is 10.9. The van der Waals surface area contributed by atoms with Gasteiger partial charge in [0.2, 0.25) is 17.7 Å². The number of methoxy groups -OCH3 is 1.